The number of halogens is 3. The molecule has 1 heterocycles. The van der Waals surface area contributed by atoms with Gasteiger partial charge in [-0.2, -0.15) is 0 Å². The Morgan fingerprint density at radius 2 is 1.61 bits per heavy atom. The second kappa shape index (κ2) is 7.23. The summed E-state index contributed by atoms with van der Waals surface area (Å²) in [4.78, 5) is 4.47. The molecule has 0 aliphatic rings. The summed E-state index contributed by atoms with van der Waals surface area (Å²) in [6.45, 7) is 0. The van der Waals surface area contributed by atoms with Gasteiger partial charge in [0.15, 0.2) is 11.6 Å². The summed E-state index contributed by atoms with van der Waals surface area (Å²) in [5.74, 6) is -2.07. The monoisotopic (exact) mass is 379 g/mol. The Hall–Kier alpha value is -3.54. The molecule has 0 bridgehead atoms. The van der Waals surface area contributed by atoms with Crippen LogP contribution in [0.1, 0.15) is 11.3 Å². The molecule has 0 saturated carbocycles. The van der Waals surface area contributed by atoms with Crippen molar-refractivity contribution in [2.75, 3.05) is 5.73 Å². The van der Waals surface area contributed by atoms with E-state index in [1.54, 1.807) is 16.7 Å². The molecule has 0 unspecified atom stereocenters. The highest BCUT2D eigenvalue weighted by atomic mass is 19.2. The molecule has 0 aliphatic carbocycles. The van der Waals surface area contributed by atoms with Crippen molar-refractivity contribution in [3.05, 3.63) is 102 Å². The van der Waals surface area contributed by atoms with E-state index >= 15 is 0 Å². The number of nitrogens with zero attached hydrogens (tertiary/aromatic N) is 2. The van der Waals surface area contributed by atoms with Gasteiger partial charge in [-0.1, -0.05) is 42.5 Å². The molecule has 6 heteroatoms. The van der Waals surface area contributed by atoms with Crippen molar-refractivity contribution in [1.29, 1.82) is 0 Å². The molecular weight excluding hydrogens is 363 g/mol. The summed E-state index contributed by atoms with van der Waals surface area (Å²) in [7, 11) is 0. The molecule has 4 aromatic rings. The Bertz CT molecular complexity index is 1140. The maximum Gasteiger partial charge on any atom is 0.205 e. The fourth-order valence-electron chi connectivity index (χ4n) is 3.21. The molecule has 3 aromatic carbocycles. The Kier molecular flexibility index (Phi) is 4.61. The number of rotatable bonds is 4. The van der Waals surface area contributed by atoms with Crippen molar-refractivity contribution in [3.8, 4) is 16.9 Å². The fraction of sp³-hybridized carbons (Fsp3) is 0.0455. The molecule has 3 nitrogen and oxygen atoms in total. The average Bonchev–Trinajstić information content (AvgIpc) is 3.01. The smallest absolute Gasteiger partial charge is 0.205 e. The second-order valence-electron chi connectivity index (χ2n) is 6.37. The second-order valence-corrected chi connectivity index (χ2v) is 6.37. The number of hydrogen-bond donors (Lipinski definition) is 1. The van der Waals surface area contributed by atoms with Gasteiger partial charge in [0, 0.05) is 12.0 Å². The summed E-state index contributed by atoms with van der Waals surface area (Å²) in [5.41, 5.74) is 9.30. The lowest BCUT2D eigenvalue weighted by Gasteiger charge is -2.12. The molecular formula is C22H16F3N3. The van der Waals surface area contributed by atoms with Gasteiger partial charge in [-0.05, 0) is 35.9 Å². The molecule has 28 heavy (non-hydrogen) atoms. The van der Waals surface area contributed by atoms with Crippen molar-refractivity contribution < 1.29 is 13.2 Å². The van der Waals surface area contributed by atoms with E-state index in [-0.39, 0.29) is 12.4 Å². The number of benzene rings is 3. The molecule has 0 spiro atoms. The quantitative estimate of drug-likeness (QED) is 0.534. The van der Waals surface area contributed by atoms with Crippen molar-refractivity contribution >= 4 is 5.95 Å². The lowest BCUT2D eigenvalue weighted by molar-refractivity contribution is 0.507. The summed E-state index contributed by atoms with van der Waals surface area (Å²) < 4.78 is 42.5. The van der Waals surface area contributed by atoms with Crippen LogP contribution in [0.25, 0.3) is 16.9 Å². The Balaban J connectivity index is 1.91. The van der Waals surface area contributed by atoms with Gasteiger partial charge in [-0.15, -0.1) is 0 Å². The third-order valence-electron chi connectivity index (χ3n) is 4.47. The number of anilines is 1. The van der Waals surface area contributed by atoms with E-state index in [9.17, 15) is 13.2 Å². The first kappa shape index (κ1) is 17.9. The van der Waals surface area contributed by atoms with Gasteiger partial charge in [0.05, 0.1) is 17.1 Å². The topological polar surface area (TPSA) is 43.8 Å². The lowest BCUT2D eigenvalue weighted by atomic mass is 10.0. The largest absolute Gasteiger partial charge is 0.369 e. The first-order chi connectivity index (χ1) is 13.5. The first-order valence-electron chi connectivity index (χ1n) is 8.65. The third kappa shape index (κ3) is 3.36. The minimum absolute atomic E-state index is 0.182. The predicted molar refractivity (Wildman–Crippen MR) is 103 cm³/mol. The molecule has 0 saturated heterocycles. The lowest BCUT2D eigenvalue weighted by Crippen LogP contribution is -2.06. The van der Waals surface area contributed by atoms with Crippen LogP contribution in [0, 0.1) is 17.5 Å². The van der Waals surface area contributed by atoms with Crippen LogP contribution in [0.15, 0.2) is 72.8 Å². The normalized spacial score (nSPS) is 11.0. The minimum Gasteiger partial charge on any atom is -0.369 e. The van der Waals surface area contributed by atoms with Gasteiger partial charge in [-0.3, -0.25) is 4.57 Å². The molecule has 0 aliphatic heterocycles. The molecule has 0 radical (unpaired) electrons. The van der Waals surface area contributed by atoms with E-state index in [2.05, 4.69) is 4.98 Å². The number of nitrogen functional groups attached to an aromatic ring is 1. The average molecular weight is 379 g/mol. The van der Waals surface area contributed by atoms with Crippen LogP contribution in [-0.2, 0) is 6.42 Å². The van der Waals surface area contributed by atoms with E-state index in [0.717, 1.165) is 17.7 Å². The van der Waals surface area contributed by atoms with Gasteiger partial charge in [0.1, 0.15) is 5.82 Å². The summed E-state index contributed by atoms with van der Waals surface area (Å²) in [6.07, 6.45) is 0.238. The van der Waals surface area contributed by atoms with Crippen LogP contribution in [-0.4, -0.2) is 9.55 Å². The highest BCUT2D eigenvalue weighted by molar-refractivity contribution is 5.67. The van der Waals surface area contributed by atoms with E-state index < -0.39 is 17.5 Å². The molecule has 140 valence electrons. The molecule has 4 rings (SSSR count). The Morgan fingerprint density at radius 3 is 2.32 bits per heavy atom. The zero-order chi connectivity index (χ0) is 19.7. The first-order valence-corrected chi connectivity index (χ1v) is 8.65. The highest BCUT2D eigenvalue weighted by Gasteiger charge is 2.19. The van der Waals surface area contributed by atoms with Crippen LogP contribution in [0.4, 0.5) is 19.1 Å². The summed E-state index contributed by atoms with van der Waals surface area (Å²) in [5, 5.41) is 0. The van der Waals surface area contributed by atoms with Crippen molar-refractivity contribution in [2.45, 2.75) is 6.42 Å². The van der Waals surface area contributed by atoms with E-state index in [1.165, 1.54) is 18.2 Å². The fourth-order valence-corrected chi connectivity index (χ4v) is 3.21. The van der Waals surface area contributed by atoms with Gasteiger partial charge in [0.2, 0.25) is 5.95 Å². The molecule has 2 N–H and O–H groups in total. The molecule has 1 aromatic heterocycles. The standard InChI is InChI=1S/C22H16F3N3/c23-16-7-4-8-17(13-16)28-20(12-14-9-10-18(24)19(25)11-14)21(27-22(28)26)15-5-2-1-3-6-15/h1-11,13H,12H2,(H2,26,27). The van der Waals surface area contributed by atoms with Crippen molar-refractivity contribution in [1.82, 2.24) is 9.55 Å². The van der Waals surface area contributed by atoms with Gasteiger partial charge >= 0.3 is 0 Å². The highest BCUT2D eigenvalue weighted by Crippen LogP contribution is 2.30. The summed E-state index contributed by atoms with van der Waals surface area (Å²) in [6, 6.07) is 19.1. The minimum atomic E-state index is -0.927. The number of aromatic nitrogens is 2. The van der Waals surface area contributed by atoms with Gasteiger partial charge in [-0.25, -0.2) is 18.2 Å². The van der Waals surface area contributed by atoms with Gasteiger partial charge < -0.3 is 5.73 Å². The number of imidazole rings is 1. The Morgan fingerprint density at radius 1 is 0.821 bits per heavy atom. The van der Waals surface area contributed by atoms with Crippen LogP contribution in [0.2, 0.25) is 0 Å². The molecule has 0 atom stereocenters. The summed E-state index contributed by atoms with van der Waals surface area (Å²) >= 11 is 0. The van der Waals surface area contributed by atoms with Crippen molar-refractivity contribution in [3.63, 3.8) is 0 Å². The van der Waals surface area contributed by atoms with Crippen LogP contribution in [0.5, 0.6) is 0 Å². The van der Waals surface area contributed by atoms with Gasteiger partial charge in [0.25, 0.3) is 0 Å². The van der Waals surface area contributed by atoms with Crippen LogP contribution < -0.4 is 5.73 Å². The van der Waals surface area contributed by atoms with E-state index in [0.29, 0.717) is 22.6 Å². The molecule has 0 amide bonds. The predicted octanol–water partition coefficient (Wildman–Crippen LogP) is 5.13. The van der Waals surface area contributed by atoms with E-state index in [4.69, 9.17) is 5.73 Å². The zero-order valence-electron chi connectivity index (χ0n) is 14.7. The van der Waals surface area contributed by atoms with Crippen LogP contribution >= 0.6 is 0 Å². The van der Waals surface area contributed by atoms with E-state index in [1.807, 2.05) is 30.3 Å². The molecule has 0 fully saturated rings. The maximum absolute atomic E-state index is 13.8. The third-order valence-corrected chi connectivity index (χ3v) is 4.47. The maximum atomic E-state index is 13.8. The number of nitrogens with two attached hydrogens (primary N) is 1. The van der Waals surface area contributed by atoms with Crippen molar-refractivity contribution in [2.24, 2.45) is 0 Å². The SMILES string of the molecule is Nc1nc(-c2ccccc2)c(Cc2ccc(F)c(F)c2)n1-c1cccc(F)c1. The number of hydrogen-bond acceptors (Lipinski definition) is 2. The Labute approximate surface area is 159 Å². The van der Waals surface area contributed by atoms with Crippen LogP contribution in [0.3, 0.4) is 0 Å². The zero-order valence-corrected chi connectivity index (χ0v) is 14.7.